The average Bonchev–Trinajstić information content (AvgIpc) is 3.56. The van der Waals surface area contributed by atoms with E-state index < -0.39 is 18.0 Å². The van der Waals surface area contributed by atoms with Crippen LogP contribution in [0.3, 0.4) is 0 Å². The van der Waals surface area contributed by atoms with Gasteiger partial charge in [-0.25, -0.2) is 13.8 Å². The van der Waals surface area contributed by atoms with Gasteiger partial charge in [0.05, 0.1) is 33.5 Å². The van der Waals surface area contributed by atoms with Gasteiger partial charge in [0.2, 0.25) is 0 Å². The van der Waals surface area contributed by atoms with Crippen LogP contribution in [0.15, 0.2) is 42.4 Å². The number of nitriles is 1. The maximum Gasteiger partial charge on any atom is 0.262 e. The monoisotopic (exact) mass is 586 g/mol. The van der Waals surface area contributed by atoms with Crippen LogP contribution in [0.1, 0.15) is 56.5 Å². The van der Waals surface area contributed by atoms with Gasteiger partial charge in [0.1, 0.15) is 16.8 Å². The summed E-state index contributed by atoms with van der Waals surface area (Å²) in [6.45, 7) is 8.76. The van der Waals surface area contributed by atoms with E-state index in [1.807, 2.05) is 19.1 Å². The van der Waals surface area contributed by atoms with E-state index in [2.05, 4.69) is 58.4 Å². The Balaban J connectivity index is 1.58. The Kier molecular flexibility index (Phi) is 7.42. The van der Waals surface area contributed by atoms with E-state index in [1.54, 1.807) is 18.3 Å². The number of anilines is 2. The van der Waals surface area contributed by atoms with Crippen LogP contribution in [0.4, 0.5) is 20.2 Å². The number of benzene rings is 1. The minimum Gasteiger partial charge on any atom is -0.383 e. The normalized spacial score (nSPS) is 16.9. The summed E-state index contributed by atoms with van der Waals surface area (Å²) in [5.41, 5.74) is 9.03. The summed E-state index contributed by atoms with van der Waals surface area (Å²) < 4.78 is 27.7. The number of rotatable bonds is 8. The van der Waals surface area contributed by atoms with Crippen molar-refractivity contribution in [2.75, 3.05) is 17.2 Å². The van der Waals surface area contributed by atoms with Crippen molar-refractivity contribution in [2.45, 2.75) is 58.5 Å². The molecule has 1 aliphatic carbocycles. The van der Waals surface area contributed by atoms with Crippen LogP contribution in [-0.2, 0) is 0 Å². The largest absolute Gasteiger partial charge is 0.383 e. The number of nitrogens with zero attached hydrogens (tertiary/aromatic N) is 4. The number of alkyl halides is 2. The highest BCUT2D eigenvalue weighted by atomic mass is 35.5. The summed E-state index contributed by atoms with van der Waals surface area (Å²) in [6, 6.07) is 8.86. The quantitative estimate of drug-likeness (QED) is 0.216. The zero-order valence-electron chi connectivity index (χ0n) is 22.5. The zero-order valence-corrected chi connectivity index (χ0v) is 24.1. The van der Waals surface area contributed by atoms with Crippen LogP contribution in [0.25, 0.3) is 10.9 Å². The molecular weight excluding hydrogens is 557 g/mol. The number of aryl methyl sites for hydroxylation is 1. The molecule has 2 aromatic heterocycles. The van der Waals surface area contributed by atoms with E-state index >= 15 is 0 Å². The molecule has 1 atom stereocenters. The van der Waals surface area contributed by atoms with Crippen LogP contribution in [-0.4, -0.2) is 33.5 Å². The fourth-order valence-electron chi connectivity index (χ4n) is 4.71. The summed E-state index contributed by atoms with van der Waals surface area (Å²) in [5, 5.41) is 19.6. The number of hydrazine groups is 2. The van der Waals surface area contributed by atoms with Crippen LogP contribution in [0.2, 0.25) is 10.2 Å². The second kappa shape index (κ2) is 10.5. The lowest BCUT2D eigenvalue weighted by Gasteiger charge is -2.25. The van der Waals surface area contributed by atoms with E-state index in [-0.39, 0.29) is 5.41 Å². The molecule has 0 amide bonds. The number of nitrogens with one attached hydrogen (secondary N) is 4. The molecule has 3 heterocycles. The third kappa shape index (κ3) is 5.46. The summed E-state index contributed by atoms with van der Waals surface area (Å²) in [7, 11) is 0. The van der Waals surface area contributed by atoms with E-state index in [1.165, 1.54) is 11.2 Å². The predicted octanol–water partition coefficient (Wildman–Crippen LogP) is 6.69. The first-order valence-corrected chi connectivity index (χ1v) is 13.6. The first-order chi connectivity index (χ1) is 18.9. The summed E-state index contributed by atoms with van der Waals surface area (Å²) in [5.74, 6) is 0. The Morgan fingerprint density at radius 3 is 2.60 bits per heavy atom. The van der Waals surface area contributed by atoms with Crippen molar-refractivity contribution in [1.29, 1.82) is 5.26 Å². The lowest BCUT2D eigenvalue weighted by molar-refractivity contribution is 0.00911. The Hall–Kier alpha value is -3.39. The van der Waals surface area contributed by atoms with Crippen molar-refractivity contribution in [2.24, 2.45) is 5.41 Å². The Morgan fingerprint density at radius 2 is 1.98 bits per heavy atom. The molecule has 2 aliphatic rings. The summed E-state index contributed by atoms with van der Waals surface area (Å²) in [6.07, 6.45) is 1.47. The van der Waals surface area contributed by atoms with Gasteiger partial charge in [-0.05, 0) is 43.4 Å². The molecule has 1 aromatic carbocycles. The molecule has 0 saturated heterocycles. The van der Waals surface area contributed by atoms with Crippen molar-refractivity contribution in [3.8, 4) is 6.07 Å². The third-order valence-electron chi connectivity index (χ3n) is 7.10. The molecule has 0 unspecified atom stereocenters. The van der Waals surface area contributed by atoms with E-state index in [0.717, 1.165) is 5.56 Å². The second-order valence-electron chi connectivity index (χ2n) is 11.4. The summed E-state index contributed by atoms with van der Waals surface area (Å²) >= 11 is 12.8. The van der Waals surface area contributed by atoms with Gasteiger partial charge in [-0.15, -0.1) is 5.53 Å². The molecule has 1 fully saturated rings. The third-order valence-corrected chi connectivity index (χ3v) is 7.60. The van der Waals surface area contributed by atoms with Crippen LogP contribution >= 0.6 is 23.2 Å². The number of halogens is 4. The number of aromatic nitrogens is 2. The zero-order chi connectivity index (χ0) is 28.8. The topological polar surface area (TPSA) is 101 Å². The van der Waals surface area contributed by atoms with E-state index in [4.69, 9.17) is 23.2 Å². The van der Waals surface area contributed by atoms with Gasteiger partial charge in [-0.1, -0.05) is 50.0 Å². The van der Waals surface area contributed by atoms with Gasteiger partial charge in [0.15, 0.2) is 0 Å². The fraction of sp³-hybridized carbons (Fsp3) is 0.393. The lowest BCUT2D eigenvalue weighted by atomic mass is 9.96. The first-order valence-electron chi connectivity index (χ1n) is 12.9. The molecule has 0 spiro atoms. The SMILES string of the molecule is Cc1nc(Cl)ccc1[C@H](Nc1cc(Cl)c2ncc(C#N)c(NCC(C)(C)C)c2c1)C1=CN(C2(C(F)F)CC2)NN1. The molecule has 1 aliphatic heterocycles. The fourth-order valence-corrected chi connectivity index (χ4v) is 5.17. The van der Waals surface area contributed by atoms with Gasteiger partial charge in [0.25, 0.3) is 6.43 Å². The van der Waals surface area contributed by atoms with Crippen molar-refractivity contribution >= 4 is 45.5 Å². The van der Waals surface area contributed by atoms with Crippen LogP contribution in [0, 0.1) is 23.7 Å². The van der Waals surface area contributed by atoms with Crippen molar-refractivity contribution < 1.29 is 8.78 Å². The second-order valence-corrected chi connectivity index (χ2v) is 12.2. The van der Waals surface area contributed by atoms with Gasteiger partial charge < -0.3 is 16.1 Å². The highest BCUT2D eigenvalue weighted by Gasteiger charge is 2.56. The minimum atomic E-state index is -2.50. The summed E-state index contributed by atoms with van der Waals surface area (Å²) in [4.78, 5) is 8.84. The highest BCUT2D eigenvalue weighted by Crippen LogP contribution is 2.47. The maximum absolute atomic E-state index is 13.8. The maximum atomic E-state index is 13.8. The molecule has 5 rings (SSSR count). The minimum absolute atomic E-state index is 0.0389. The van der Waals surface area contributed by atoms with E-state index in [9.17, 15) is 14.0 Å². The molecule has 0 bridgehead atoms. The molecular formula is C28H30Cl2F2N8. The molecule has 40 heavy (non-hydrogen) atoms. The van der Waals surface area contributed by atoms with Gasteiger partial charge in [0, 0.05) is 41.3 Å². The van der Waals surface area contributed by atoms with Gasteiger partial charge >= 0.3 is 0 Å². The Morgan fingerprint density at radius 1 is 1.23 bits per heavy atom. The van der Waals surface area contributed by atoms with E-state index in [0.29, 0.717) is 68.8 Å². The van der Waals surface area contributed by atoms with Crippen molar-refractivity contribution in [1.82, 2.24) is 25.9 Å². The molecule has 1 saturated carbocycles. The van der Waals surface area contributed by atoms with Crippen LogP contribution < -0.4 is 21.6 Å². The number of fused-ring (bicyclic) bond motifs is 1. The number of hydrogen-bond acceptors (Lipinski definition) is 8. The van der Waals surface area contributed by atoms with Gasteiger partial charge in [-0.2, -0.15) is 5.26 Å². The molecule has 4 N–H and O–H groups in total. The smallest absolute Gasteiger partial charge is 0.262 e. The molecule has 3 aromatic rings. The van der Waals surface area contributed by atoms with Crippen LogP contribution in [0.5, 0.6) is 0 Å². The lowest BCUT2D eigenvalue weighted by Crippen LogP contribution is -2.48. The van der Waals surface area contributed by atoms with Gasteiger partial charge in [-0.3, -0.25) is 9.99 Å². The number of pyridine rings is 2. The molecule has 8 nitrogen and oxygen atoms in total. The number of hydrogen-bond donors (Lipinski definition) is 4. The van der Waals surface area contributed by atoms with Crippen molar-refractivity contribution in [3.05, 3.63) is 69.4 Å². The predicted molar refractivity (Wildman–Crippen MR) is 154 cm³/mol. The Labute approximate surface area is 241 Å². The highest BCUT2D eigenvalue weighted by molar-refractivity contribution is 6.35. The molecule has 210 valence electrons. The molecule has 12 heteroatoms. The standard InChI is InChI=1S/C28H30Cl2F2N8/c1-15-18(5-6-22(30)36-15)25(21-13-40(39-38-21)28(7-8-28)26(31)32)37-17-9-19-23(35-14-27(2,3)4)16(11-33)12-34-24(19)20(29)10-17/h5-6,9-10,12-13,25-26,37-39H,7-8,14H2,1-4H3,(H,34,35)/t25-/m0/s1. The molecule has 0 radical (unpaired) electrons. The van der Waals surface area contributed by atoms with Crippen molar-refractivity contribution in [3.63, 3.8) is 0 Å². The Bertz CT molecular complexity index is 1530. The average molecular weight is 588 g/mol. The first kappa shape index (κ1) is 28.1.